The summed E-state index contributed by atoms with van der Waals surface area (Å²) in [5, 5.41) is 10.2. The van der Waals surface area contributed by atoms with Gasteiger partial charge in [-0.25, -0.2) is 9.48 Å². The van der Waals surface area contributed by atoms with Gasteiger partial charge in [0.25, 0.3) is 0 Å². The van der Waals surface area contributed by atoms with Crippen LogP contribution in [-0.2, 0) is 13.2 Å². The molecule has 0 saturated carbocycles. The van der Waals surface area contributed by atoms with Crippen LogP contribution in [0.25, 0.3) is 33.1 Å². The summed E-state index contributed by atoms with van der Waals surface area (Å²) in [6.07, 6.45) is 3.52. The summed E-state index contributed by atoms with van der Waals surface area (Å²) in [6, 6.07) is 22.7. The molecule has 0 spiro atoms. The molecule has 8 heteroatoms. The lowest BCUT2D eigenvalue weighted by Crippen LogP contribution is -2.06. The van der Waals surface area contributed by atoms with Crippen LogP contribution >= 0.6 is 0 Å². The highest BCUT2D eigenvalue weighted by atomic mass is 16.5. The minimum absolute atomic E-state index is 0.230. The zero-order valence-electron chi connectivity index (χ0n) is 19.4. The van der Waals surface area contributed by atoms with Gasteiger partial charge in [0.2, 0.25) is 0 Å². The molecule has 0 amide bonds. The standard InChI is InChI=1S/C28H21N3O5/c1-33-24-9-5-6-10-25(24)34-16-20-15-31(30-29-20)14-19-11-28(32)36-27-13-26-22(12-21(19)27)23(17-35-26)18-7-3-2-4-8-18/h2-13,15,17H,14,16H2,1H3. The Morgan fingerprint density at radius 1 is 0.917 bits per heavy atom. The molecule has 36 heavy (non-hydrogen) atoms. The van der Waals surface area contributed by atoms with Crippen molar-refractivity contribution in [2.75, 3.05) is 7.11 Å². The van der Waals surface area contributed by atoms with Crippen molar-refractivity contribution in [1.29, 1.82) is 0 Å². The van der Waals surface area contributed by atoms with Gasteiger partial charge in [-0.2, -0.15) is 0 Å². The van der Waals surface area contributed by atoms with E-state index in [0.717, 1.165) is 27.5 Å². The molecule has 178 valence electrons. The molecule has 3 heterocycles. The zero-order valence-corrected chi connectivity index (χ0v) is 19.4. The van der Waals surface area contributed by atoms with Crippen molar-refractivity contribution in [1.82, 2.24) is 15.0 Å². The summed E-state index contributed by atoms with van der Waals surface area (Å²) in [4.78, 5) is 12.3. The average molecular weight is 479 g/mol. The van der Waals surface area contributed by atoms with Crippen LogP contribution in [0.5, 0.6) is 11.5 Å². The quantitative estimate of drug-likeness (QED) is 0.282. The zero-order chi connectivity index (χ0) is 24.5. The molecule has 0 saturated heterocycles. The van der Waals surface area contributed by atoms with Gasteiger partial charge in [-0.3, -0.25) is 0 Å². The van der Waals surface area contributed by atoms with E-state index < -0.39 is 5.63 Å². The van der Waals surface area contributed by atoms with Gasteiger partial charge in [0.05, 0.1) is 26.1 Å². The molecule has 3 aromatic heterocycles. The summed E-state index contributed by atoms with van der Waals surface area (Å²) in [6.45, 7) is 0.571. The molecule has 6 aromatic rings. The predicted molar refractivity (Wildman–Crippen MR) is 134 cm³/mol. The van der Waals surface area contributed by atoms with Gasteiger partial charge in [-0.05, 0) is 29.3 Å². The second-order valence-corrected chi connectivity index (χ2v) is 8.30. The van der Waals surface area contributed by atoms with Crippen LogP contribution in [-0.4, -0.2) is 22.1 Å². The van der Waals surface area contributed by atoms with Crippen LogP contribution < -0.4 is 15.1 Å². The largest absolute Gasteiger partial charge is 0.493 e. The summed E-state index contributed by atoms with van der Waals surface area (Å²) in [5.41, 5.74) is 4.11. The highest BCUT2D eigenvalue weighted by Gasteiger charge is 2.14. The number of ether oxygens (including phenoxy) is 2. The van der Waals surface area contributed by atoms with Gasteiger partial charge in [-0.15, -0.1) is 5.10 Å². The van der Waals surface area contributed by atoms with E-state index in [-0.39, 0.29) is 6.61 Å². The van der Waals surface area contributed by atoms with Crippen LogP contribution in [0.3, 0.4) is 0 Å². The van der Waals surface area contributed by atoms with Crippen LogP contribution in [0.15, 0.2) is 98.9 Å². The third-order valence-corrected chi connectivity index (χ3v) is 5.97. The summed E-state index contributed by atoms with van der Waals surface area (Å²) in [5.74, 6) is 1.27. The van der Waals surface area contributed by atoms with Crippen molar-refractivity contribution >= 4 is 21.9 Å². The Kier molecular flexibility index (Phi) is 5.46. The third-order valence-electron chi connectivity index (χ3n) is 5.97. The molecule has 0 atom stereocenters. The molecule has 0 fully saturated rings. The fraction of sp³-hybridized carbons (Fsp3) is 0.107. The number of fused-ring (bicyclic) bond motifs is 2. The minimum atomic E-state index is -0.438. The molecular weight excluding hydrogens is 458 g/mol. The molecule has 8 nitrogen and oxygen atoms in total. The van der Waals surface area contributed by atoms with Crippen LogP contribution in [0.2, 0.25) is 0 Å². The fourth-order valence-corrected chi connectivity index (χ4v) is 4.27. The van der Waals surface area contributed by atoms with Crippen molar-refractivity contribution in [3.8, 4) is 22.6 Å². The number of para-hydroxylation sites is 2. The lowest BCUT2D eigenvalue weighted by atomic mass is 10.0. The lowest BCUT2D eigenvalue weighted by molar-refractivity contribution is 0.280. The number of methoxy groups -OCH3 is 1. The molecule has 6 rings (SSSR count). The van der Waals surface area contributed by atoms with Crippen LogP contribution in [0.1, 0.15) is 11.3 Å². The molecule has 0 N–H and O–H groups in total. The smallest absolute Gasteiger partial charge is 0.336 e. The maximum absolute atomic E-state index is 12.3. The lowest BCUT2D eigenvalue weighted by Gasteiger charge is -2.08. The highest BCUT2D eigenvalue weighted by Crippen LogP contribution is 2.34. The number of hydrogen-bond donors (Lipinski definition) is 0. The maximum atomic E-state index is 12.3. The minimum Gasteiger partial charge on any atom is -0.493 e. The van der Waals surface area contributed by atoms with E-state index in [4.69, 9.17) is 18.3 Å². The number of hydrogen-bond acceptors (Lipinski definition) is 7. The summed E-state index contributed by atoms with van der Waals surface area (Å²) < 4.78 is 24.1. The Bertz CT molecular complexity index is 1730. The Morgan fingerprint density at radius 3 is 2.56 bits per heavy atom. The van der Waals surface area contributed by atoms with Crippen molar-refractivity contribution in [2.45, 2.75) is 13.2 Å². The molecule has 3 aromatic carbocycles. The van der Waals surface area contributed by atoms with Crippen molar-refractivity contribution < 1.29 is 18.3 Å². The van der Waals surface area contributed by atoms with Gasteiger partial charge < -0.3 is 18.3 Å². The number of rotatable bonds is 7. The number of nitrogens with zero attached hydrogens (tertiary/aromatic N) is 3. The Hall–Kier alpha value is -4.85. The molecule has 0 aliphatic rings. The molecule has 0 unspecified atom stereocenters. The van der Waals surface area contributed by atoms with Crippen LogP contribution in [0.4, 0.5) is 0 Å². The number of aromatic nitrogens is 3. The van der Waals surface area contributed by atoms with Gasteiger partial charge >= 0.3 is 5.63 Å². The van der Waals surface area contributed by atoms with E-state index in [2.05, 4.69) is 10.3 Å². The van der Waals surface area contributed by atoms with Crippen molar-refractivity contribution in [3.05, 3.63) is 107 Å². The van der Waals surface area contributed by atoms with E-state index >= 15 is 0 Å². The first-order chi connectivity index (χ1) is 17.7. The van der Waals surface area contributed by atoms with E-state index in [1.165, 1.54) is 6.07 Å². The normalized spacial score (nSPS) is 11.2. The van der Waals surface area contributed by atoms with E-state index in [1.54, 1.807) is 30.3 Å². The Balaban J connectivity index is 1.31. The van der Waals surface area contributed by atoms with Gasteiger partial charge in [0, 0.05) is 28.5 Å². The fourth-order valence-electron chi connectivity index (χ4n) is 4.27. The van der Waals surface area contributed by atoms with Gasteiger partial charge in [0.1, 0.15) is 23.5 Å². The maximum Gasteiger partial charge on any atom is 0.336 e. The first-order valence-electron chi connectivity index (χ1n) is 11.4. The first-order valence-corrected chi connectivity index (χ1v) is 11.4. The van der Waals surface area contributed by atoms with Crippen LogP contribution in [0, 0.1) is 0 Å². The summed E-state index contributed by atoms with van der Waals surface area (Å²) >= 11 is 0. The second-order valence-electron chi connectivity index (χ2n) is 8.30. The van der Waals surface area contributed by atoms with Crippen molar-refractivity contribution in [2.24, 2.45) is 0 Å². The predicted octanol–water partition coefficient (Wildman–Crippen LogP) is 5.43. The topological polar surface area (TPSA) is 92.5 Å². The van der Waals surface area contributed by atoms with E-state index in [9.17, 15) is 4.79 Å². The highest BCUT2D eigenvalue weighted by molar-refractivity contribution is 6.02. The molecule has 0 aliphatic carbocycles. The molecular formula is C28H21N3O5. The second kappa shape index (κ2) is 9.07. The Labute approximate surface area is 205 Å². The first kappa shape index (κ1) is 21.7. The molecule has 0 bridgehead atoms. The molecule has 0 aliphatic heterocycles. The number of benzene rings is 3. The Morgan fingerprint density at radius 2 is 1.72 bits per heavy atom. The van der Waals surface area contributed by atoms with Gasteiger partial charge in [0.15, 0.2) is 11.5 Å². The average Bonchev–Trinajstić information content (AvgIpc) is 3.53. The summed E-state index contributed by atoms with van der Waals surface area (Å²) in [7, 11) is 1.60. The monoisotopic (exact) mass is 479 g/mol. The van der Waals surface area contributed by atoms with Crippen molar-refractivity contribution in [3.63, 3.8) is 0 Å². The molecule has 0 radical (unpaired) electrons. The SMILES string of the molecule is COc1ccccc1OCc1cn(Cc2cc(=O)oc3cc4occ(-c5ccccc5)c4cc23)nn1. The van der Waals surface area contributed by atoms with E-state index in [0.29, 0.717) is 34.9 Å². The third kappa shape index (κ3) is 4.09. The van der Waals surface area contributed by atoms with E-state index in [1.807, 2.05) is 60.7 Å². The number of furan rings is 1. The van der Waals surface area contributed by atoms with Gasteiger partial charge in [-0.1, -0.05) is 47.7 Å².